The summed E-state index contributed by atoms with van der Waals surface area (Å²) in [4.78, 5) is 4.19. The zero-order valence-electron chi connectivity index (χ0n) is 23.3. The van der Waals surface area contributed by atoms with Crippen LogP contribution in [0.1, 0.15) is 50.8 Å². The lowest BCUT2D eigenvalue weighted by Gasteiger charge is -2.25. The molecule has 0 spiro atoms. The van der Waals surface area contributed by atoms with E-state index in [0.29, 0.717) is 11.1 Å². The van der Waals surface area contributed by atoms with Crippen LogP contribution in [0.4, 0.5) is 14.5 Å². The van der Waals surface area contributed by atoms with Gasteiger partial charge in [-0.15, -0.1) is 0 Å². The molecule has 4 heteroatoms. The smallest absolute Gasteiger partial charge is 0.151 e. The number of phenols is 1. The van der Waals surface area contributed by atoms with Gasteiger partial charge >= 0.3 is 0 Å². The number of benzene rings is 6. The highest BCUT2D eigenvalue weighted by molar-refractivity contribution is 5.87. The molecule has 0 aliphatic rings. The molecule has 0 aliphatic carbocycles. The summed E-state index contributed by atoms with van der Waals surface area (Å²) in [6.07, 6.45) is 1.35. The number of nitrogens with zero attached hydrogens (tertiary/aromatic N) is 1. The van der Waals surface area contributed by atoms with Crippen molar-refractivity contribution >= 4 is 11.9 Å². The van der Waals surface area contributed by atoms with Crippen molar-refractivity contribution in [2.45, 2.75) is 11.8 Å². The average Bonchev–Trinajstić information content (AvgIpc) is 3.05. The zero-order chi connectivity index (χ0) is 29.6. The molecule has 0 radical (unpaired) electrons. The summed E-state index contributed by atoms with van der Waals surface area (Å²) in [5, 5.41) is 11.9. The molecule has 0 aliphatic heterocycles. The fourth-order valence-electron chi connectivity index (χ4n) is 5.65. The Morgan fingerprint density at radius 2 is 0.907 bits per heavy atom. The van der Waals surface area contributed by atoms with Crippen molar-refractivity contribution in [1.29, 1.82) is 0 Å². The quantitative estimate of drug-likeness (QED) is 0.145. The van der Waals surface area contributed by atoms with Gasteiger partial charge in [0, 0.05) is 29.2 Å². The van der Waals surface area contributed by atoms with Crippen LogP contribution >= 0.6 is 0 Å². The Morgan fingerprint density at radius 1 is 0.488 bits per heavy atom. The summed E-state index contributed by atoms with van der Waals surface area (Å²) in [5.74, 6) is -2.03. The van der Waals surface area contributed by atoms with Gasteiger partial charge < -0.3 is 5.11 Å². The first-order chi connectivity index (χ1) is 21.1. The van der Waals surface area contributed by atoms with Crippen LogP contribution in [-0.2, 0) is 0 Å². The Labute approximate surface area is 250 Å². The number of phenolic OH excluding ortho intramolecular Hbond substituents is 1. The van der Waals surface area contributed by atoms with Gasteiger partial charge in [0.05, 0.1) is 0 Å². The molecule has 1 N–H and O–H groups in total. The van der Waals surface area contributed by atoms with E-state index in [2.05, 4.69) is 29.3 Å². The van der Waals surface area contributed by atoms with Crippen molar-refractivity contribution in [1.82, 2.24) is 0 Å². The van der Waals surface area contributed by atoms with E-state index >= 15 is 0 Å². The molecule has 0 saturated carbocycles. The van der Waals surface area contributed by atoms with Crippen LogP contribution in [0.25, 0.3) is 0 Å². The molecule has 0 bridgehead atoms. The largest absolute Gasteiger partial charge is 0.507 e. The first-order valence-corrected chi connectivity index (χ1v) is 14.1. The lowest BCUT2D eigenvalue weighted by Crippen LogP contribution is -2.09. The third-order valence-corrected chi connectivity index (χ3v) is 7.64. The van der Waals surface area contributed by atoms with Gasteiger partial charge in [-0.2, -0.15) is 0 Å². The predicted molar refractivity (Wildman–Crippen MR) is 169 cm³/mol. The molecule has 0 amide bonds. The van der Waals surface area contributed by atoms with Gasteiger partial charge in [-0.3, -0.25) is 0 Å². The van der Waals surface area contributed by atoms with Crippen LogP contribution in [0.5, 0.6) is 5.75 Å². The molecule has 43 heavy (non-hydrogen) atoms. The van der Waals surface area contributed by atoms with Gasteiger partial charge in [-0.05, 0) is 46.0 Å². The molecule has 0 saturated heterocycles. The number of halogens is 2. The number of rotatable bonds is 8. The minimum absolute atomic E-state index is 0.00169. The molecular formula is C39H29F2NO. The molecule has 6 rings (SSSR count). The highest BCUT2D eigenvalue weighted by atomic mass is 19.1. The Morgan fingerprint density at radius 3 is 1.35 bits per heavy atom. The molecule has 2 nitrogen and oxygen atoms in total. The Balaban J connectivity index is 1.62. The van der Waals surface area contributed by atoms with Crippen molar-refractivity contribution < 1.29 is 13.9 Å². The van der Waals surface area contributed by atoms with Crippen molar-refractivity contribution in [3.63, 3.8) is 0 Å². The fraction of sp³-hybridized carbons (Fsp3) is 0.0513. The van der Waals surface area contributed by atoms with E-state index in [1.807, 2.05) is 109 Å². The lowest BCUT2D eigenvalue weighted by molar-refractivity contribution is 0.466. The van der Waals surface area contributed by atoms with Crippen molar-refractivity contribution in [2.24, 2.45) is 4.99 Å². The molecule has 0 unspecified atom stereocenters. The average molecular weight is 566 g/mol. The van der Waals surface area contributed by atoms with Crippen LogP contribution in [-0.4, -0.2) is 11.3 Å². The van der Waals surface area contributed by atoms with Gasteiger partial charge in [0.2, 0.25) is 0 Å². The van der Waals surface area contributed by atoms with Crippen molar-refractivity contribution in [3.8, 4) is 5.75 Å². The minimum Gasteiger partial charge on any atom is -0.507 e. The van der Waals surface area contributed by atoms with E-state index in [9.17, 15) is 13.9 Å². The fourth-order valence-corrected chi connectivity index (χ4v) is 5.65. The Kier molecular flexibility index (Phi) is 8.19. The molecule has 6 aromatic carbocycles. The Bertz CT molecular complexity index is 1740. The van der Waals surface area contributed by atoms with E-state index in [0.717, 1.165) is 27.8 Å². The third kappa shape index (κ3) is 6.00. The molecule has 210 valence electrons. The van der Waals surface area contributed by atoms with Crippen molar-refractivity contribution in [2.75, 3.05) is 0 Å². The molecule has 6 aromatic rings. The van der Waals surface area contributed by atoms with Gasteiger partial charge in [-0.25, -0.2) is 13.8 Å². The molecular weight excluding hydrogens is 536 g/mol. The number of aliphatic imine (C=N–C) groups is 1. The summed E-state index contributed by atoms with van der Waals surface area (Å²) >= 11 is 0. The van der Waals surface area contributed by atoms with Crippen LogP contribution < -0.4 is 0 Å². The predicted octanol–water partition coefficient (Wildman–Crippen LogP) is 9.78. The maximum atomic E-state index is 14.5. The highest BCUT2D eigenvalue weighted by Gasteiger charge is 2.25. The summed E-state index contributed by atoms with van der Waals surface area (Å²) in [5.41, 5.74) is 5.69. The number of aromatic hydroxyl groups is 1. The van der Waals surface area contributed by atoms with E-state index < -0.39 is 17.3 Å². The summed E-state index contributed by atoms with van der Waals surface area (Å²) in [6, 6.07) is 47.9. The second-order valence-corrected chi connectivity index (χ2v) is 10.4. The lowest BCUT2D eigenvalue weighted by atomic mass is 9.79. The molecule has 0 aromatic heterocycles. The number of para-hydroxylation sites is 1. The van der Waals surface area contributed by atoms with Crippen LogP contribution in [0, 0.1) is 11.6 Å². The molecule has 0 atom stereocenters. The van der Waals surface area contributed by atoms with Gasteiger partial charge in [0.1, 0.15) is 11.4 Å². The van der Waals surface area contributed by atoms with Crippen LogP contribution in [0.3, 0.4) is 0 Å². The van der Waals surface area contributed by atoms with E-state index in [-0.39, 0.29) is 17.6 Å². The number of hydrogen-bond donors (Lipinski definition) is 1. The van der Waals surface area contributed by atoms with E-state index in [1.165, 1.54) is 24.4 Å². The summed E-state index contributed by atoms with van der Waals surface area (Å²) in [7, 11) is 0. The van der Waals surface area contributed by atoms with Crippen LogP contribution in [0.2, 0.25) is 0 Å². The summed E-state index contributed by atoms with van der Waals surface area (Å²) < 4.78 is 29.1. The molecule has 0 heterocycles. The molecule has 0 fully saturated rings. The first kappa shape index (κ1) is 27.8. The first-order valence-electron chi connectivity index (χ1n) is 14.1. The van der Waals surface area contributed by atoms with Crippen LogP contribution in [0.15, 0.2) is 157 Å². The van der Waals surface area contributed by atoms with Gasteiger partial charge in [0.25, 0.3) is 0 Å². The highest BCUT2D eigenvalue weighted by Crippen LogP contribution is 2.42. The van der Waals surface area contributed by atoms with Gasteiger partial charge in [-0.1, -0.05) is 133 Å². The number of hydrogen-bond acceptors (Lipinski definition) is 2. The zero-order valence-corrected chi connectivity index (χ0v) is 23.3. The third-order valence-electron chi connectivity index (χ3n) is 7.64. The topological polar surface area (TPSA) is 32.6 Å². The Hall–Kier alpha value is -5.35. The van der Waals surface area contributed by atoms with Gasteiger partial charge in [0.15, 0.2) is 11.6 Å². The second-order valence-electron chi connectivity index (χ2n) is 10.4. The standard InChI is InChI=1S/C39H29F2NO/c40-34-22-13-23-35(41)38(34)42-26-32-24-31(36(27-14-5-1-6-15-27)28-16-7-2-8-17-28)25-33(39(32)43)37(29-18-9-3-10-19-29)30-20-11-4-12-21-30/h1-26,36-37,43H. The minimum atomic E-state index is -0.773. The monoisotopic (exact) mass is 565 g/mol. The SMILES string of the molecule is Oc1c(C=Nc2c(F)cccc2F)cc(C(c2ccccc2)c2ccccc2)cc1C(c1ccccc1)c1ccccc1. The second kappa shape index (κ2) is 12.7. The van der Waals surface area contributed by atoms with E-state index in [4.69, 9.17) is 0 Å². The van der Waals surface area contributed by atoms with E-state index in [1.54, 1.807) is 0 Å². The maximum absolute atomic E-state index is 14.5. The normalized spacial score (nSPS) is 11.4. The van der Waals surface area contributed by atoms with Crippen molar-refractivity contribution in [3.05, 3.63) is 202 Å². The summed E-state index contributed by atoms with van der Waals surface area (Å²) in [6.45, 7) is 0. The maximum Gasteiger partial charge on any atom is 0.151 e.